The Hall–Kier alpha value is -0.360. The maximum Gasteiger partial charge on any atom is 0.129 e. The number of aromatic amines is 1. The first kappa shape index (κ1) is 8.73. The predicted molar refractivity (Wildman–Crippen MR) is 49.1 cm³/mol. The SMILES string of the molecule is CCCc1np[nH]c1CCC. The van der Waals surface area contributed by atoms with Gasteiger partial charge in [-0.05, 0) is 12.8 Å². The maximum absolute atomic E-state index is 4.37. The summed E-state index contributed by atoms with van der Waals surface area (Å²) in [6, 6.07) is 0. The van der Waals surface area contributed by atoms with Crippen LogP contribution in [0.4, 0.5) is 0 Å². The quantitative estimate of drug-likeness (QED) is 0.739. The number of nitrogens with zero attached hydrogens (tertiary/aromatic N) is 1. The molecule has 1 aromatic rings. The maximum atomic E-state index is 4.37. The zero-order chi connectivity index (χ0) is 8.10. The molecule has 0 fully saturated rings. The minimum Gasteiger partial charge on any atom is -0.325 e. The second kappa shape index (κ2) is 4.50. The lowest BCUT2D eigenvalue weighted by Gasteiger charge is -1.96. The average Bonchev–Trinajstić information content (AvgIpc) is 2.39. The Morgan fingerprint density at radius 1 is 1.27 bits per heavy atom. The fourth-order valence-corrected chi connectivity index (χ4v) is 1.91. The Morgan fingerprint density at radius 3 is 2.64 bits per heavy atom. The lowest BCUT2D eigenvalue weighted by Crippen LogP contribution is -1.91. The van der Waals surface area contributed by atoms with E-state index in [1.807, 2.05) is 0 Å². The molecule has 0 saturated heterocycles. The molecule has 0 spiro atoms. The van der Waals surface area contributed by atoms with Crippen LogP contribution in [0.1, 0.15) is 38.1 Å². The van der Waals surface area contributed by atoms with Crippen molar-refractivity contribution in [1.82, 2.24) is 9.49 Å². The lowest BCUT2D eigenvalue weighted by atomic mass is 10.1. The first-order valence-electron chi connectivity index (χ1n) is 4.27. The highest BCUT2D eigenvalue weighted by Gasteiger charge is 2.02. The summed E-state index contributed by atoms with van der Waals surface area (Å²) in [7, 11) is 1.03. The largest absolute Gasteiger partial charge is 0.325 e. The third-order valence-electron chi connectivity index (χ3n) is 1.69. The van der Waals surface area contributed by atoms with Crippen LogP contribution in [-0.4, -0.2) is 9.49 Å². The van der Waals surface area contributed by atoms with E-state index >= 15 is 0 Å². The van der Waals surface area contributed by atoms with E-state index in [-0.39, 0.29) is 0 Å². The van der Waals surface area contributed by atoms with Gasteiger partial charge in [-0.15, -0.1) is 0 Å². The minimum absolute atomic E-state index is 1.03. The molecule has 2 nitrogen and oxygen atoms in total. The van der Waals surface area contributed by atoms with Crippen molar-refractivity contribution in [3.05, 3.63) is 11.4 Å². The molecular formula is C8H15N2P. The fraction of sp³-hybridized carbons (Fsp3) is 0.750. The van der Waals surface area contributed by atoms with Crippen LogP contribution in [-0.2, 0) is 12.8 Å². The number of aryl methyl sites for hydroxylation is 2. The third-order valence-corrected chi connectivity index (χ3v) is 2.40. The molecule has 1 N–H and O–H groups in total. The number of hydrogen-bond acceptors (Lipinski definition) is 1. The highest BCUT2D eigenvalue weighted by molar-refractivity contribution is 7.20. The fourth-order valence-electron chi connectivity index (χ4n) is 1.16. The highest BCUT2D eigenvalue weighted by Crippen LogP contribution is 2.12. The van der Waals surface area contributed by atoms with Gasteiger partial charge in [-0.25, -0.2) is 4.75 Å². The van der Waals surface area contributed by atoms with Crippen LogP contribution in [0, 0.1) is 0 Å². The zero-order valence-electron chi connectivity index (χ0n) is 7.22. The Kier molecular flexibility index (Phi) is 3.58. The van der Waals surface area contributed by atoms with Gasteiger partial charge >= 0.3 is 0 Å². The molecule has 0 unspecified atom stereocenters. The number of aromatic nitrogens is 2. The summed E-state index contributed by atoms with van der Waals surface area (Å²) in [6.07, 6.45) is 4.70. The molecule has 62 valence electrons. The summed E-state index contributed by atoms with van der Waals surface area (Å²) in [4.78, 5) is 0. The van der Waals surface area contributed by atoms with Crippen molar-refractivity contribution in [2.45, 2.75) is 39.5 Å². The summed E-state index contributed by atoms with van der Waals surface area (Å²) < 4.78 is 7.64. The van der Waals surface area contributed by atoms with Gasteiger partial charge < -0.3 is 4.75 Å². The minimum atomic E-state index is 1.03. The monoisotopic (exact) mass is 170 g/mol. The van der Waals surface area contributed by atoms with E-state index in [0.29, 0.717) is 0 Å². The van der Waals surface area contributed by atoms with Gasteiger partial charge in [0.2, 0.25) is 0 Å². The van der Waals surface area contributed by atoms with E-state index in [4.69, 9.17) is 0 Å². The van der Waals surface area contributed by atoms with Crippen molar-refractivity contribution in [2.75, 3.05) is 0 Å². The van der Waals surface area contributed by atoms with Crippen molar-refractivity contribution in [1.29, 1.82) is 0 Å². The van der Waals surface area contributed by atoms with E-state index in [1.165, 1.54) is 24.2 Å². The summed E-state index contributed by atoms with van der Waals surface area (Å²) in [5.41, 5.74) is 2.67. The molecule has 0 aliphatic heterocycles. The van der Waals surface area contributed by atoms with Crippen LogP contribution in [0.25, 0.3) is 0 Å². The molecule has 3 heteroatoms. The highest BCUT2D eigenvalue weighted by atomic mass is 31.1. The van der Waals surface area contributed by atoms with Gasteiger partial charge in [0, 0.05) is 5.69 Å². The molecule has 0 aromatic carbocycles. The van der Waals surface area contributed by atoms with Gasteiger partial charge in [-0.1, -0.05) is 26.7 Å². The smallest absolute Gasteiger partial charge is 0.129 e. The lowest BCUT2D eigenvalue weighted by molar-refractivity contribution is 0.831. The topological polar surface area (TPSA) is 28.7 Å². The third kappa shape index (κ3) is 2.30. The normalized spacial score (nSPS) is 10.4. The van der Waals surface area contributed by atoms with Crippen molar-refractivity contribution < 1.29 is 0 Å². The summed E-state index contributed by atoms with van der Waals surface area (Å²) in [5, 5.41) is 0. The molecule has 11 heavy (non-hydrogen) atoms. The zero-order valence-corrected chi connectivity index (χ0v) is 8.12. The van der Waals surface area contributed by atoms with E-state index in [2.05, 4.69) is 23.3 Å². The second-order valence-corrected chi connectivity index (χ2v) is 3.36. The molecule has 0 atom stereocenters. The Labute approximate surface area is 69.7 Å². The Morgan fingerprint density at radius 2 is 2.00 bits per heavy atom. The van der Waals surface area contributed by atoms with Gasteiger partial charge in [0.05, 0.1) is 5.69 Å². The predicted octanol–water partition coefficient (Wildman–Crippen LogP) is 2.89. The standard InChI is InChI=1S/C8H15N2P/c1-3-5-7-8(6-4-2)10-11-9-7/h3-6H2,1-2H3,(H,9,10). The Balaban J connectivity index is 2.62. The van der Waals surface area contributed by atoms with Gasteiger partial charge in [-0.2, -0.15) is 0 Å². The van der Waals surface area contributed by atoms with Crippen LogP contribution >= 0.6 is 8.51 Å². The number of rotatable bonds is 4. The van der Waals surface area contributed by atoms with Crippen LogP contribution in [0.3, 0.4) is 0 Å². The van der Waals surface area contributed by atoms with Crippen molar-refractivity contribution >= 4 is 8.51 Å². The van der Waals surface area contributed by atoms with Gasteiger partial charge in [0.15, 0.2) is 0 Å². The van der Waals surface area contributed by atoms with Crippen molar-refractivity contribution in [3.63, 3.8) is 0 Å². The van der Waals surface area contributed by atoms with Crippen LogP contribution < -0.4 is 0 Å². The molecule has 1 aromatic heterocycles. The summed E-state index contributed by atoms with van der Waals surface area (Å²) >= 11 is 0. The first-order chi connectivity index (χ1) is 5.38. The molecule has 0 amide bonds. The number of nitrogens with one attached hydrogen (secondary N) is 1. The molecule has 0 aliphatic carbocycles. The molecule has 1 heterocycles. The summed E-state index contributed by atoms with van der Waals surface area (Å²) in [5.74, 6) is 0. The van der Waals surface area contributed by atoms with Crippen LogP contribution in [0.15, 0.2) is 0 Å². The van der Waals surface area contributed by atoms with Crippen molar-refractivity contribution in [3.8, 4) is 0 Å². The average molecular weight is 170 g/mol. The Bertz CT molecular complexity index is 187. The van der Waals surface area contributed by atoms with Gasteiger partial charge in [0.25, 0.3) is 0 Å². The molecule has 0 bridgehead atoms. The molecule has 0 aliphatic rings. The van der Waals surface area contributed by atoms with Gasteiger partial charge in [-0.3, -0.25) is 0 Å². The van der Waals surface area contributed by atoms with E-state index in [9.17, 15) is 0 Å². The van der Waals surface area contributed by atoms with Crippen LogP contribution in [0.2, 0.25) is 0 Å². The molecule has 0 radical (unpaired) electrons. The molecule has 0 saturated carbocycles. The number of hydrogen-bond donors (Lipinski definition) is 1. The molecular weight excluding hydrogens is 155 g/mol. The van der Waals surface area contributed by atoms with Crippen LogP contribution in [0.5, 0.6) is 0 Å². The van der Waals surface area contributed by atoms with E-state index in [0.717, 1.165) is 21.4 Å². The van der Waals surface area contributed by atoms with Gasteiger partial charge in [0.1, 0.15) is 8.51 Å². The summed E-state index contributed by atoms with van der Waals surface area (Å²) in [6.45, 7) is 4.40. The second-order valence-electron chi connectivity index (χ2n) is 2.74. The molecule has 1 rings (SSSR count). The van der Waals surface area contributed by atoms with Crippen molar-refractivity contribution in [2.24, 2.45) is 0 Å². The number of H-pyrrole nitrogens is 1. The van der Waals surface area contributed by atoms with E-state index < -0.39 is 0 Å². The van der Waals surface area contributed by atoms with E-state index in [1.54, 1.807) is 0 Å². The first-order valence-corrected chi connectivity index (χ1v) is 5.12.